The van der Waals surface area contributed by atoms with Crippen LogP contribution in [-0.2, 0) is 11.3 Å². The molecule has 0 atom stereocenters. The third-order valence-corrected chi connectivity index (χ3v) is 3.82. The van der Waals surface area contributed by atoms with Gasteiger partial charge in [0.1, 0.15) is 6.54 Å². The lowest BCUT2D eigenvalue weighted by Crippen LogP contribution is -3.00. The molecule has 0 heterocycles. The third-order valence-electron chi connectivity index (χ3n) is 3.82. The van der Waals surface area contributed by atoms with Crippen LogP contribution in [0.15, 0.2) is 42.5 Å². The van der Waals surface area contributed by atoms with Crippen molar-refractivity contribution in [2.24, 2.45) is 5.73 Å². The molecule has 0 fully saturated rings. The first kappa shape index (κ1) is 23.0. The molecule has 1 rings (SSSR count). The molecule has 0 saturated carbocycles. The molecule has 0 aromatic heterocycles. The Morgan fingerprint density at radius 1 is 1.14 bits per heavy atom. The number of amides is 1. The van der Waals surface area contributed by atoms with Crippen molar-refractivity contribution in [2.45, 2.75) is 40.7 Å². The van der Waals surface area contributed by atoms with Crippen LogP contribution in [0.5, 0.6) is 0 Å². The maximum atomic E-state index is 9.82. The van der Waals surface area contributed by atoms with E-state index in [9.17, 15) is 4.79 Å². The minimum Gasteiger partial charge on any atom is -1.00 e. The van der Waals surface area contributed by atoms with Crippen LogP contribution in [0.3, 0.4) is 0 Å². The van der Waals surface area contributed by atoms with Gasteiger partial charge >= 0.3 is 0 Å². The van der Waals surface area contributed by atoms with Crippen molar-refractivity contribution in [1.29, 1.82) is 0 Å². The molecular weight excluding hydrogens is 296 g/mol. The van der Waals surface area contributed by atoms with Crippen molar-refractivity contribution < 1.29 is 21.7 Å². The van der Waals surface area contributed by atoms with E-state index in [0.29, 0.717) is 5.57 Å². The van der Waals surface area contributed by atoms with Gasteiger partial charge in [-0.3, -0.25) is 4.79 Å². The quantitative estimate of drug-likeness (QED) is 0.575. The Morgan fingerprint density at radius 3 is 1.91 bits per heavy atom. The predicted octanol–water partition coefficient (Wildman–Crippen LogP) is 0.505. The van der Waals surface area contributed by atoms with E-state index in [1.165, 1.54) is 42.6 Å². The van der Waals surface area contributed by atoms with E-state index < -0.39 is 5.91 Å². The highest BCUT2D eigenvalue weighted by molar-refractivity contribution is 5.90. The molecule has 0 bridgehead atoms. The number of hydrogen-bond donors (Lipinski definition) is 1. The van der Waals surface area contributed by atoms with Crippen molar-refractivity contribution >= 4 is 5.91 Å². The molecule has 1 amide bonds. The van der Waals surface area contributed by atoms with Gasteiger partial charge in [-0.2, -0.15) is 0 Å². The van der Waals surface area contributed by atoms with Gasteiger partial charge in [0.2, 0.25) is 5.91 Å². The Balaban J connectivity index is 0. The fourth-order valence-corrected chi connectivity index (χ4v) is 2.29. The van der Waals surface area contributed by atoms with Crippen LogP contribution in [0.25, 0.3) is 0 Å². The van der Waals surface area contributed by atoms with E-state index in [0.717, 1.165) is 0 Å². The molecule has 22 heavy (non-hydrogen) atoms. The van der Waals surface area contributed by atoms with Crippen LogP contribution in [0.4, 0.5) is 0 Å². The monoisotopic (exact) mass is 326 g/mol. The number of carbonyl (C=O) groups is 1. The Labute approximate surface area is 142 Å². The van der Waals surface area contributed by atoms with Gasteiger partial charge in [0, 0.05) is 11.1 Å². The molecule has 0 saturated heterocycles. The molecule has 0 unspecified atom stereocenters. The lowest BCUT2D eigenvalue weighted by Gasteiger charge is -2.36. The van der Waals surface area contributed by atoms with Gasteiger partial charge in [-0.25, -0.2) is 0 Å². The van der Waals surface area contributed by atoms with Gasteiger partial charge in [0.15, 0.2) is 0 Å². The Kier molecular flexibility index (Phi) is 12.8. The van der Waals surface area contributed by atoms with Gasteiger partial charge in [-0.1, -0.05) is 43.8 Å². The minimum absolute atomic E-state index is 0. The minimum atomic E-state index is -0.435. The van der Waals surface area contributed by atoms with Crippen molar-refractivity contribution in [3.8, 4) is 0 Å². The van der Waals surface area contributed by atoms with Crippen molar-refractivity contribution in [3.05, 3.63) is 48.0 Å². The highest BCUT2D eigenvalue weighted by atomic mass is 35.5. The SMILES string of the molecule is C=C(C)C(N)=O.CCC[N+](CC)(CC)Cc1ccccc1.[Cl-]. The number of nitrogens with two attached hydrogens (primary N) is 1. The van der Waals surface area contributed by atoms with E-state index in [4.69, 9.17) is 5.73 Å². The van der Waals surface area contributed by atoms with E-state index in [2.05, 4.69) is 57.7 Å². The van der Waals surface area contributed by atoms with Crippen LogP contribution in [0.2, 0.25) is 0 Å². The summed E-state index contributed by atoms with van der Waals surface area (Å²) in [7, 11) is 0. The number of hydrogen-bond acceptors (Lipinski definition) is 1. The lowest BCUT2D eigenvalue weighted by atomic mass is 10.1. The van der Waals surface area contributed by atoms with Gasteiger partial charge in [0.05, 0.1) is 19.6 Å². The van der Waals surface area contributed by atoms with Crippen LogP contribution in [0.1, 0.15) is 39.7 Å². The molecule has 0 aliphatic rings. The normalized spacial score (nSPS) is 10.0. The molecule has 1 aromatic carbocycles. The molecule has 0 aliphatic heterocycles. The average Bonchev–Trinajstić information content (AvgIpc) is 2.48. The molecule has 2 N–H and O–H groups in total. The first-order valence-corrected chi connectivity index (χ1v) is 7.75. The van der Waals surface area contributed by atoms with Crippen LogP contribution in [-0.4, -0.2) is 30.0 Å². The van der Waals surface area contributed by atoms with Crippen LogP contribution in [0, 0.1) is 0 Å². The number of carbonyl (C=O) groups excluding carboxylic acids is 1. The summed E-state index contributed by atoms with van der Waals surface area (Å²) < 4.78 is 1.22. The van der Waals surface area contributed by atoms with Gasteiger partial charge < -0.3 is 22.6 Å². The zero-order chi connectivity index (χ0) is 16.3. The molecule has 0 aliphatic carbocycles. The highest BCUT2D eigenvalue weighted by Crippen LogP contribution is 2.14. The third kappa shape index (κ3) is 8.85. The Hall–Kier alpha value is -1.32. The number of rotatable bonds is 7. The summed E-state index contributed by atoms with van der Waals surface area (Å²) >= 11 is 0. The number of halogens is 1. The summed E-state index contributed by atoms with van der Waals surface area (Å²) in [4.78, 5) is 9.82. The second-order valence-electron chi connectivity index (χ2n) is 5.49. The maximum absolute atomic E-state index is 9.82. The average molecular weight is 327 g/mol. The lowest BCUT2D eigenvalue weighted by molar-refractivity contribution is -0.937. The summed E-state index contributed by atoms with van der Waals surface area (Å²) in [6, 6.07) is 10.9. The highest BCUT2D eigenvalue weighted by Gasteiger charge is 2.21. The second-order valence-corrected chi connectivity index (χ2v) is 5.49. The van der Waals surface area contributed by atoms with E-state index >= 15 is 0 Å². The van der Waals surface area contributed by atoms with Gasteiger partial charge in [-0.05, 0) is 27.2 Å². The number of quaternary nitrogens is 1. The zero-order valence-electron chi connectivity index (χ0n) is 14.4. The summed E-state index contributed by atoms with van der Waals surface area (Å²) in [6.07, 6.45) is 1.27. The van der Waals surface area contributed by atoms with Crippen molar-refractivity contribution in [3.63, 3.8) is 0 Å². The maximum Gasteiger partial charge on any atom is 0.243 e. The molecule has 126 valence electrons. The van der Waals surface area contributed by atoms with Gasteiger partial charge in [0.25, 0.3) is 0 Å². The number of nitrogens with zero attached hydrogens (tertiary/aromatic N) is 1. The molecule has 3 nitrogen and oxygen atoms in total. The zero-order valence-corrected chi connectivity index (χ0v) is 15.2. The van der Waals surface area contributed by atoms with Crippen LogP contribution >= 0.6 is 0 Å². The second kappa shape index (κ2) is 12.2. The Bertz CT molecular complexity index is 416. The molecular formula is C18H31ClN2O. The first-order valence-electron chi connectivity index (χ1n) is 7.75. The summed E-state index contributed by atoms with van der Waals surface area (Å²) in [5, 5.41) is 0. The summed E-state index contributed by atoms with van der Waals surface area (Å²) in [5.74, 6) is -0.435. The smallest absolute Gasteiger partial charge is 0.243 e. The topological polar surface area (TPSA) is 43.1 Å². The molecule has 1 aromatic rings. The van der Waals surface area contributed by atoms with Gasteiger partial charge in [-0.15, -0.1) is 0 Å². The summed E-state index contributed by atoms with van der Waals surface area (Å²) in [6.45, 7) is 16.7. The number of benzene rings is 1. The number of primary amides is 1. The summed E-state index contributed by atoms with van der Waals surface area (Å²) in [5.41, 5.74) is 6.56. The molecule has 0 radical (unpaired) electrons. The van der Waals surface area contributed by atoms with Crippen LogP contribution < -0.4 is 18.1 Å². The fourth-order valence-electron chi connectivity index (χ4n) is 2.29. The van der Waals surface area contributed by atoms with Crippen molar-refractivity contribution in [1.82, 2.24) is 0 Å². The molecule has 0 spiro atoms. The largest absolute Gasteiger partial charge is 1.00 e. The van der Waals surface area contributed by atoms with E-state index in [-0.39, 0.29) is 12.4 Å². The standard InChI is InChI=1S/C14H24N.C4H7NO.ClH/c1-4-12-15(5-2,6-3)13-14-10-8-7-9-11-14;1-3(2)4(5)6;/h7-11H,4-6,12-13H2,1-3H3;1H2,2H3,(H2,5,6);1H/q+1;;/p-1. The Morgan fingerprint density at radius 2 is 1.59 bits per heavy atom. The first-order chi connectivity index (χ1) is 9.90. The predicted molar refractivity (Wildman–Crippen MR) is 90.7 cm³/mol. The fraction of sp³-hybridized carbons (Fsp3) is 0.500. The van der Waals surface area contributed by atoms with E-state index in [1.54, 1.807) is 6.92 Å². The van der Waals surface area contributed by atoms with E-state index in [1.807, 2.05) is 0 Å². The molecule has 4 heteroatoms. The van der Waals surface area contributed by atoms with Crippen molar-refractivity contribution in [2.75, 3.05) is 19.6 Å².